The van der Waals surface area contributed by atoms with E-state index in [1.54, 1.807) is 7.11 Å². The number of rotatable bonds is 3. The maximum Gasteiger partial charge on any atom is 0.348 e. The van der Waals surface area contributed by atoms with Crippen molar-refractivity contribution in [2.75, 3.05) is 12.8 Å². The summed E-state index contributed by atoms with van der Waals surface area (Å²) in [4.78, 5) is 25.1. The molecule has 0 saturated carbocycles. The van der Waals surface area contributed by atoms with Crippen molar-refractivity contribution in [1.29, 1.82) is 0 Å². The minimum atomic E-state index is -1.02. The molecule has 0 aliphatic rings. The third kappa shape index (κ3) is 4.14. The van der Waals surface area contributed by atoms with Crippen LogP contribution in [0, 0.1) is 6.92 Å². The molecule has 0 bridgehead atoms. The average Bonchev–Trinajstić information content (AvgIpc) is 2.66. The number of aryl methyl sites for hydroxylation is 1. The van der Waals surface area contributed by atoms with Crippen molar-refractivity contribution in [3.63, 3.8) is 0 Å². The highest BCUT2D eigenvalue weighted by atomic mass is 32.1. The fraction of sp³-hybridized carbons (Fsp3) is 0.308. The van der Waals surface area contributed by atoms with Gasteiger partial charge in [-0.05, 0) is 18.6 Å². The van der Waals surface area contributed by atoms with E-state index in [9.17, 15) is 4.79 Å². The molecule has 4 N–H and O–H groups in total. The van der Waals surface area contributed by atoms with Crippen molar-refractivity contribution in [1.82, 2.24) is 4.98 Å². The number of nitrogens with two attached hydrogens (primary N) is 1. The Balaban J connectivity index is 0.000000491. The lowest BCUT2D eigenvalue weighted by atomic mass is 10.1. The van der Waals surface area contributed by atoms with Gasteiger partial charge in [-0.15, -0.1) is 11.3 Å². The molecule has 2 aromatic rings. The summed E-state index contributed by atoms with van der Waals surface area (Å²) in [6.07, 6.45) is 0. The second kappa shape index (κ2) is 7.00. The van der Waals surface area contributed by atoms with Crippen LogP contribution < -0.4 is 5.73 Å². The number of aliphatic carboxylic acids is 1. The second-order valence-corrected chi connectivity index (χ2v) is 5.20. The first-order chi connectivity index (χ1) is 9.77. The van der Waals surface area contributed by atoms with E-state index in [0.29, 0.717) is 16.8 Å². The number of aromatic carboxylic acids is 1. The standard InChI is InChI=1S/C11H12N2O3S.C2H4O2/c1-5-3-6(4-16-2)7-8(12)9(11(14)15)17-10(7)13-5;1-2(3)4/h3H,4,12H2,1-2H3,(H,14,15);1H3,(H,3,4). The van der Waals surface area contributed by atoms with Crippen LogP contribution in [-0.4, -0.2) is 34.2 Å². The van der Waals surface area contributed by atoms with E-state index in [2.05, 4.69) is 4.98 Å². The minimum Gasteiger partial charge on any atom is -0.481 e. The molecule has 0 saturated heterocycles. The molecule has 0 amide bonds. The zero-order chi connectivity index (χ0) is 16.2. The molecule has 0 spiro atoms. The Labute approximate surface area is 125 Å². The molecule has 0 fully saturated rings. The maximum atomic E-state index is 11.0. The van der Waals surface area contributed by atoms with Gasteiger partial charge in [0.1, 0.15) is 9.71 Å². The first-order valence-electron chi connectivity index (χ1n) is 5.88. The molecule has 114 valence electrons. The number of carboxylic acids is 2. The third-order valence-electron chi connectivity index (χ3n) is 2.40. The number of anilines is 1. The lowest BCUT2D eigenvalue weighted by Crippen LogP contribution is -1.99. The zero-order valence-electron chi connectivity index (χ0n) is 11.8. The second-order valence-electron chi connectivity index (χ2n) is 4.20. The predicted octanol–water partition coefficient (Wildman–Crippen LogP) is 2.12. The van der Waals surface area contributed by atoms with Crippen LogP contribution >= 0.6 is 11.3 Å². The number of nitrogens with zero attached hydrogens (tertiary/aromatic N) is 1. The molecule has 0 aromatic carbocycles. The van der Waals surface area contributed by atoms with Crippen LogP contribution in [0.3, 0.4) is 0 Å². The van der Waals surface area contributed by atoms with Gasteiger partial charge in [0.15, 0.2) is 0 Å². The van der Waals surface area contributed by atoms with Gasteiger partial charge in [-0.1, -0.05) is 0 Å². The zero-order valence-corrected chi connectivity index (χ0v) is 12.7. The van der Waals surface area contributed by atoms with E-state index in [4.69, 9.17) is 25.5 Å². The van der Waals surface area contributed by atoms with Gasteiger partial charge in [-0.2, -0.15) is 0 Å². The summed E-state index contributed by atoms with van der Waals surface area (Å²) >= 11 is 1.09. The summed E-state index contributed by atoms with van der Waals surface area (Å²) in [5, 5.41) is 17.1. The van der Waals surface area contributed by atoms with Crippen molar-refractivity contribution >= 4 is 39.2 Å². The monoisotopic (exact) mass is 312 g/mol. The molecule has 0 aliphatic heterocycles. The summed E-state index contributed by atoms with van der Waals surface area (Å²) in [6, 6.07) is 1.86. The number of thiophene rings is 1. The third-order valence-corrected chi connectivity index (χ3v) is 3.49. The highest BCUT2D eigenvalue weighted by molar-refractivity contribution is 7.21. The van der Waals surface area contributed by atoms with Crippen LogP contribution in [0.5, 0.6) is 0 Å². The van der Waals surface area contributed by atoms with E-state index in [0.717, 1.165) is 29.5 Å². The number of fused-ring (bicyclic) bond motifs is 1. The van der Waals surface area contributed by atoms with Crippen LogP contribution in [-0.2, 0) is 16.1 Å². The number of nitrogen functional groups attached to an aromatic ring is 1. The molecule has 0 unspecified atom stereocenters. The fourth-order valence-electron chi connectivity index (χ4n) is 1.77. The van der Waals surface area contributed by atoms with Gasteiger partial charge in [0.25, 0.3) is 5.97 Å². The maximum absolute atomic E-state index is 11.0. The Kier molecular flexibility index (Phi) is 5.62. The number of carboxylic acid groups (broad SMARTS) is 2. The molecule has 0 atom stereocenters. The lowest BCUT2D eigenvalue weighted by Gasteiger charge is -2.04. The SMILES string of the molecule is CC(=O)O.COCc1cc(C)nc2sc(C(=O)O)c(N)c12. The largest absolute Gasteiger partial charge is 0.481 e. The Bertz CT molecular complexity index is 677. The average molecular weight is 312 g/mol. The molecule has 2 heterocycles. The van der Waals surface area contributed by atoms with Crippen molar-refractivity contribution in [3.05, 3.63) is 22.2 Å². The first kappa shape index (κ1) is 16.9. The lowest BCUT2D eigenvalue weighted by molar-refractivity contribution is -0.134. The fourth-order valence-corrected chi connectivity index (χ4v) is 2.79. The highest BCUT2D eigenvalue weighted by Gasteiger charge is 2.19. The quantitative estimate of drug-likeness (QED) is 0.793. The van der Waals surface area contributed by atoms with Crippen LogP contribution in [0.1, 0.15) is 27.9 Å². The topological polar surface area (TPSA) is 123 Å². The molecule has 0 radical (unpaired) electrons. The van der Waals surface area contributed by atoms with E-state index in [-0.39, 0.29) is 10.6 Å². The van der Waals surface area contributed by atoms with E-state index >= 15 is 0 Å². The van der Waals surface area contributed by atoms with E-state index in [1.807, 2.05) is 13.0 Å². The van der Waals surface area contributed by atoms with Gasteiger partial charge in [-0.25, -0.2) is 9.78 Å². The Morgan fingerprint density at radius 1 is 1.43 bits per heavy atom. The van der Waals surface area contributed by atoms with Crippen molar-refractivity contribution in [3.8, 4) is 0 Å². The van der Waals surface area contributed by atoms with Gasteiger partial charge in [0.2, 0.25) is 0 Å². The van der Waals surface area contributed by atoms with Crippen LogP contribution in [0.4, 0.5) is 5.69 Å². The number of methoxy groups -OCH3 is 1. The van der Waals surface area contributed by atoms with Crippen molar-refractivity contribution < 1.29 is 24.5 Å². The van der Waals surface area contributed by atoms with Gasteiger partial charge >= 0.3 is 5.97 Å². The van der Waals surface area contributed by atoms with Crippen molar-refractivity contribution in [2.24, 2.45) is 0 Å². The summed E-state index contributed by atoms with van der Waals surface area (Å²) < 4.78 is 5.09. The number of hydrogen-bond acceptors (Lipinski definition) is 6. The van der Waals surface area contributed by atoms with Crippen LogP contribution in [0.15, 0.2) is 6.07 Å². The first-order valence-corrected chi connectivity index (χ1v) is 6.69. The number of carbonyl (C=O) groups is 2. The smallest absolute Gasteiger partial charge is 0.348 e. The van der Waals surface area contributed by atoms with Gasteiger partial charge in [0.05, 0.1) is 12.3 Å². The summed E-state index contributed by atoms with van der Waals surface area (Å²) in [5.74, 6) is -1.86. The Morgan fingerprint density at radius 2 is 2.00 bits per heavy atom. The number of aromatic nitrogens is 1. The van der Waals surface area contributed by atoms with Crippen molar-refractivity contribution in [2.45, 2.75) is 20.5 Å². The molecule has 21 heavy (non-hydrogen) atoms. The molecule has 7 nitrogen and oxygen atoms in total. The number of hydrogen-bond donors (Lipinski definition) is 3. The molecular weight excluding hydrogens is 296 g/mol. The normalized spacial score (nSPS) is 10.0. The summed E-state index contributed by atoms with van der Waals surface area (Å²) in [6.45, 7) is 3.33. The highest BCUT2D eigenvalue weighted by Crippen LogP contribution is 2.35. The van der Waals surface area contributed by atoms with E-state index < -0.39 is 11.9 Å². The van der Waals surface area contributed by atoms with Crippen LogP contribution in [0.2, 0.25) is 0 Å². The van der Waals surface area contributed by atoms with Crippen LogP contribution in [0.25, 0.3) is 10.2 Å². The predicted molar refractivity (Wildman–Crippen MR) is 79.8 cm³/mol. The molecule has 2 rings (SSSR count). The van der Waals surface area contributed by atoms with Gasteiger partial charge in [-0.3, -0.25) is 4.79 Å². The Morgan fingerprint density at radius 3 is 2.48 bits per heavy atom. The minimum absolute atomic E-state index is 0.135. The number of ether oxygens (including phenoxy) is 1. The molecule has 0 aliphatic carbocycles. The van der Waals surface area contributed by atoms with E-state index in [1.165, 1.54) is 0 Å². The number of pyridine rings is 1. The Hall–Kier alpha value is -2.19. The van der Waals surface area contributed by atoms with Gasteiger partial charge in [0, 0.05) is 25.1 Å². The molecular formula is C13H16N2O5S. The summed E-state index contributed by atoms with van der Waals surface area (Å²) in [5.41, 5.74) is 7.82. The van der Waals surface area contributed by atoms with Gasteiger partial charge < -0.3 is 20.7 Å². The molecule has 8 heteroatoms. The molecule has 2 aromatic heterocycles. The summed E-state index contributed by atoms with van der Waals surface area (Å²) in [7, 11) is 1.59.